The minimum absolute atomic E-state index is 0.403. The van der Waals surface area contributed by atoms with Crippen LogP contribution in [-0.2, 0) is 17.7 Å². The van der Waals surface area contributed by atoms with E-state index >= 15 is 0 Å². The zero-order chi connectivity index (χ0) is 14.0. The van der Waals surface area contributed by atoms with Crippen molar-refractivity contribution in [3.63, 3.8) is 0 Å². The minimum atomic E-state index is -0.529. The number of aliphatic hydroxyl groups excluding tert-OH is 1. The Bertz CT molecular complexity index is 439. The third-order valence-corrected chi connectivity index (χ3v) is 4.79. The number of halogens is 1. The van der Waals surface area contributed by atoms with Crippen molar-refractivity contribution in [3.05, 3.63) is 16.4 Å². The van der Waals surface area contributed by atoms with Gasteiger partial charge in [0.15, 0.2) is 0 Å². The summed E-state index contributed by atoms with van der Waals surface area (Å²) in [6, 6.07) is 0. The van der Waals surface area contributed by atoms with Gasteiger partial charge < -0.3 is 9.84 Å². The van der Waals surface area contributed by atoms with Gasteiger partial charge >= 0.3 is 0 Å². The van der Waals surface area contributed by atoms with Gasteiger partial charge in [0.25, 0.3) is 0 Å². The molecule has 0 radical (unpaired) electrons. The second-order valence-electron chi connectivity index (χ2n) is 5.36. The third-order valence-electron chi connectivity index (χ3n) is 4.30. The van der Waals surface area contributed by atoms with Crippen molar-refractivity contribution in [2.45, 2.75) is 64.2 Å². The Hall–Kier alpha value is -0.580. The largest absolute Gasteiger partial charge is 0.390 e. The van der Waals surface area contributed by atoms with Gasteiger partial charge in [-0.3, -0.25) is 4.68 Å². The van der Waals surface area contributed by atoms with Gasteiger partial charge in [-0.1, -0.05) is 24.4 Å². The number of aromatic nitrogens is 2. The fourth-order valence-electron chi connectivity index (χ4n) is 3.08. The molecule has 1 N–H and O–H groups in total. The zero-order valence-electron chi connectivity index (χ0n) is 11.9. The van der Waals surface area contributed by atoms with Crippen molar-refractivity contribution in [2.75, 3.05) is 7.11 Å². The second-order valence-corrected chi connectivity index (χ2v) is 5.74. The van der Waals surface area contributed by atoms with Crippen molar-refractivity contribution in [2.24, 2.45) is 0 Å². The molecule has 1 aromatic heterocycles. The molecule has 1 aliphatic rings. The van der Waals surface area contributed by atoms with Gasteiger partial charge in [-0.05, 0) is 26.7 Å². The molecule has 19 heavy (non-hydrogen) atoms. The standard InChI is InChI=1S/C14H23ClN2O2/c1-4-17-11(13(15)10(2)16-17)9-12(18)14(19-3)7-5-6-8-14/h12,18H,4-9H2,1-3H3. The average molecular weight is 287 g/mol. The summed E-state index contributed by atoms with van der Waals surface area (Å²) in [5, 5.41) is 15.6. The lowest BCUT2D eigenvalue weighted by molar-refractivity contribution is -0.0976. The molecule has 2 rings (SSSR count). The van der Waals surface area contributed by atoms with Gasteiger partial charge in [0.1, 0.15) is 0 Å². The summed E-state index contributed by atoms with van der Waals surface area (Å²) in [5.74, 6) is 0. The number of aliphatic hydroxyl groups is 1. The molecule has 1 saturated carbocycles. The van der Waals surface area contributed by atoms with Crippen LogP contribution in [0.3, 0.4) is 0 Å². The van der Waals surface area contributed by atoms with E-state index in [1.54, 1.807) is 7.11 Å². The molecular weight excluding hydrogens is 264 g/mol. The Balaban J connectivity index is 2.20. The van der Waals surface area contributed by atoms with E-state index in [1.807, 2.05) is 18.5 Å². The maximum atomic E-state index is 10.6. The summed E-state index contributed by atoms with van der Waals surface area (Å²) >= 11 is 6.30. The van der Waals surface area contributed by atoms with Crippen LogP contribution < -0.4 is 0 Å². The van der Waals surface area contributed by atoms with Crippen molar-refractivity contribution in [1.29, 1.82) is 0 Å². The molecule has 5 heteroatoms. The fraction of sp³-hybridized carbons (Fsp3) is 0.786. The lowest BCUT2D eigenvalue weighted by Crippen LogP contribution is -2.43. The van der Waals surface area contributed by atoms with Gasteiger partial charge in [-0.2, -0.15) is 5.10 Å². The first-order chi connectivity index (χ1) is 9.04. The van der Waals surface area contributed by atoms with Gasteiger partial charge in [-0.15, -0.1) is 0 Å². The van der Waals surface area contributed by atoms with E-state index in [2.05, 4.69) is 5.10 Å². The number of methoxy groups -OCH3 is 1. The summed E-state index contributed by atoms with van der Waals surface area (Å²) in [5.41, 5.74) is 1.33. The Morgan fingerprint density at radius 2 is 2.11 bits per heavy atom. The molecule has 0 amide bonds. The van der Waals surface area contributed by atoms with Crippen LogP contribution in [-0.4, -0.2) is 33.7 Å². The summed E-state index contributed by atoms with van der Waals surface area (Å²) in [6.45, 7) is 4.68. The maximum absolute atomic E-state index is 10.6. The van der Waals surface area contributed by atoms with Gasteiger partial charge in [0.05, 0.1) is 28.1 Å². The molecule has 1 atom stereocenters. The Morgan fingerprint density at radius 1 is 1.47 bits per heavy atom. The van der Waals surface area contributed by atoms with Crippen LogP contribution in [0.2, 0.25) is 5.02 Å². The van der Waals surface area contributed by atoms with Crippen LogP contribution in [0.1, 0.15) is 44.0 Å². The Labute approximate surface area is 119 Å². The molecule has 0 aromatic carbocycles. The van der Waals surface area contributed by atoms with Crippen LogP contribution in [0.25, 0.3) is 0 Å². The lowest BCUT2D eigenvalue weighted by atomic mass is 9.91. The summed E-state index contributed by atoms with van der Waals surface area (Å²) in [7, 11) is 1.69. The van der Waals surface area contributed by atoms with E-state index in [9.17, 15) is 5.11 Å². The predicted molar refractivity (Wildman–Crippen MR) is 75.6 cm³/mol. The number of aryl methyl sites for hydroxylation is 2. The van der Waals surface area contributed by atoms with Crippen molar-refractivity contribution >= 4 is 11.6 Å². The van der Waals surface area contributed by atoms with E-state index in [1.165, 1.54) is 0 Å². The third kappa shape index (κ3) is 2.67. The van der Waals surface area contributed by atoms with E-state index < -0.39 is 11.7 Å². The van der Waals surface area contributed by atoms with E-state index in [4.69, 9.17) is 16.3 Å². The van der Waals surface area contributed by atoms with Crippen molar-refractivity contribution in [1.82, 2.24) is 9.78 Å². The highest BCUT2D eigenvalue weighted by Crippen LogP contribution is 2.37. The van der Waals surface area contributed by atoms with Crippen LogP contribution in [0, 0.1) is 6.92 Å². The zero-order valence-corrected chi connectivity index (χ0v) is 12.7. The smallest absolute Gasteiger partial charge is 0.0940 e. The molecule has 1 fully saturated rings. The highest BCUT2D eigenvalue weighted by molar-refractivity contribution is 6.31. The molecule has 1 aliphatic carbocycles. The maximum Gasteiger partial charge on any atom is 0.0940 e. The molecule has 4 nitrogen and oxygen atoms in total. The number of hydrogen-bond acceptors (Lipinski definition) is 3. The number of nitrogens with zero attached hydrogens (tertiary/aromatic N) is 2. The second kappa shape index (κ2) is 5.81. The minimum Gasteiger partial charge on any atom is -0.390 e. The molecule has 0 bridgehead atoms. The molecular formula is C14H23ClN2O2. The fourth-order valence-corrected chi connectivity index (χ4v) is 3.29. The normalized spacial score (nSPS) is 19.8. The van der Waals surface area contributed by atoms with Crippen molar-refractivity contribution in [3.8, 4) is 0 Å². The quantitative estimate of drug-likeness (QED) is 0.905. The number of hydrogen-bond donors (Lipinski definition) is 1. The molecule has 0 spiro atoms. The first-order valence-electron chi connectivity index (χ1n) is 6.99. The van der Waals surface area contributed by atoms with Crippen LogP contribution in [0.4, 0.5) is 0 Å². The van der Waals surface area contributed by atoms with Crippen molar-refractivity contribution < 1.29 is 9.84 Å². The number of ether oxygens (including phenoxy) is 1. The lowest BCUT2D eigenvalue weighted by Gasteiger charge is -2.33. The van der Waals surface area contributed by atoms with Crippen LogP contribution >= 0.6 is 11.6 Å². The van der Waals surface area contributed by atoms with Crippen LogP contribution in [0.15, 0.2) is 0 Å². The monoisotopic (exact) mass is 286 g/mol. The molecule has 1 heterocycles. The predicted octanol–water partition coefficient (Wildman–Crippen LogP) is 2.73. The van der Waals surface area contributed by atoms with E-state index in [0.717, 1.165) is 43.6 Å². The van der Waals surface area contributed by atoms with E-state index in [0.29, 0.717) is 11.4 Å². The van der Waals surface area contributed by atoms with E-state index in [-0.39, 0.29) is 0 Å². The first kappa shape index (κ1) is 14.8. The highest BCUT2D eigenvalue weighted by Gasteiger charge is 2.41. The highest BCUT2D eigenvalue weighted by atomic mass is 35.5. The van der Waals surface area contributed by atoms with Crippen LogP contribution in [0.5, 0.6) is 0 Å². The molecule has 1 aromatic rings. The Morgan fingerprint density at radius 3 is 2.63 bits per heavy atom. The van der Waals surface area contributed by atoms with Gasteiger partial charge in [0, 0.05) is 20.1 Å². The first-order valence-corrected chi connectivity index (χ1v) is 7.37. The topological polar surface area (TPSA) is 47.3 Å². The number of rotatable bonds is 5. The SMILES string of the molecule is CCn1nc(C)c(Cl)c1CC(O)C1(OC)CCCC1. The van der Waals surface area contributed by atoms with Gasteiger partial charge in [0.2, 0.25) is 0 Å². The Kier molecular flexibility index (Phi) is 4.54. The average Bonchev–Trinajstić information content (AvgIpc) is 2.99. The molecule has 0 saturated heterocycles. The van der Waals surface area contributed by atoms with Gasteiger partial charge in [-0.25, -0.2) is 0 Å². The molecule has 0 aliphatic heterocycles. The molecule has 108 valence electrons. The summed E-state index contributed by atoms with van der Waals surface area (Å²) < 4.78 is 7.50. The summed E-state index contributed by atoms with van der Waals surface area (Å²) in [4.78, 5) is 0. The summed E-state index contributed by atoms with van der Waals surface area (Å²) in [6.07, 6.45) is 4.04. The molecule has 1 unspecified atom stereocenters.